The lowest BCUT2D eigenvalue weighted by Crippen LogP contribution is -2.11. The van der Waals surface area contributed by atoms with Crippen LogP contribution in [-0.2, 0) is 4.74 Å². The number of para-hydroxylation sites is 1. The number of carbonyl (C=O) groups is 1. The van der Waals surface area contributed by atoms with E-state index in [1.165, 1.54) is 24.3 Å². The normalized spacial score (nSPS) is 10.5. The molecular weight excluding hydrogens is 311 g/mol. The number of carbonyl (C=O) groups excluding carboxylic acids is 1. The number of oxazole rings is 1. The van der Waals surface area contributed by atoms with Crippen LogP contribution in [0.1, 0.15) is 10.4 Å². The van der Waals surface area contributed by atoms with E-state index < -0.39 is 5.97 Å². The van der Waals surface area contributed by atoms with Gasteiger partial charge in [0.25, 0.3) is 0 Å². The van der Waals surface area contributed by atoms with E-state index in [4.69, 9.17) is 9.15 Å². The van der Waals surface area contributed by atoms with Crippen LogP contribution >= 0.6 is 0 Å². The Morgan fingerprint density at radius 2 is 1.88 bits per heavy atom. The van der Waals surface area contributed by atoms with Gasteiger partial charge in [0.15, 0.2) is 5.76 Å². The molecule has 122 valence electrons. The second kappa shape index (κ2) is 6.54. The number of rotatable bonds is 4. The second-order valence-corrected chi connectivity index (χ2v) is 5.05. The topological polar surface area (TPSA) is 55.6 Å². The van der Waals surface area contributed by atoms with Crippen LogP contribution in [0.2, 0.25) is 0 Å². The number of aromatic nitrogens is 1. The molecule has 0 saturated carbocycles. The maximum Gasteiger partial charge on any atom is 0.338 e. The number of hydrogen-bond donors (Lipinski definition) is 0. The highest BCUT2D eigenvalue weighted by Gasteiger charge is 2.18. The van der Waals surface area contributed by atoms with Crippen molar-refractivity contribution in [3.05, 3.63) is 66.1 Å². The van der Waals surface area contributed by atoms with E-state index >= 15 is 0 Å². The highest BCUT2D eigenvalue weighted by Crippen LogP contribution is 2.31. The first-order valence-electron chi connectivity index (χ1n) is 7.23. The van der Waals surface area contributed by atoms with Gasteiger partial charge in [-0.05, 0) is 18.2 Å². The summed E-state index contributed by atoms with van der Waals surface area (Å²) in [6.07, 6.45) is 1.49. The lowest BCUT2D eigenvalue weighted by molar-refractivity contribution is 0.0601. The van der Waals surface area contributed by atoms with Crippen LogP contribution < -0.4 is 4.90 Å². The first-order valence-corrected chi connectivity index (χ1v) is 7.23. The average Bonchev–Trinajstić information content (AvgIpc) is 3.11. The molecule has 5 nitrogen and oxygen atoms in total. The molecule has 0 saturated heterocycles. The van der Waals surface area contributed by atoms with Gasteiger partial charge in [-0.25, -0.2) is 14.2 Å². The van der Waals surface area contributed by atoms with Crippen LogP contribution in [0.25, 0.3) is 11.3 Å². The summed E-state index contributed by atoms with van der Waals surface area (Å²) in [7, 11) is 2.97. The molecule has 0 bridgehead atoms. The van der Waals surface area contributed by atoms with Crippen LogP contribution in [0, 0.1) is 5.82 Å². The van der Waals surface area contributed by atoms with E-state index in [9.17, 15) is 9.18 Å². The summed E-state index contributed by atoms with van der Waals surface area (Å²) in [6.45, 7) is 0. The molecule has 0 unspecified atom stereocenters. The predicted octanol–water partition coefficient (Wildman–Crippen LogP) is 4.04. The van der Waals surface area contributed by atoms with Crippen molar-refractivity contribution in [3.8, 4) is 11.3 Å². The van der Waals surface area contributed by atoms with Crippen molar-refractivity contribution in [2.24, 2.45) is 0 Å². The van der Waals surface area contributed by atoms with E-state index in [-0.39, 0.29) is 11.8 Å². The molecule has 0 fully saturated rings. The third-order valence-corrected chi connectivity index (χ3v) is 3.59. The lowest BCUT2D eigenvalue weighted by atomic mass is 10.1. The molecule has 0 N–H and O–H groups in total. The van der Waals surface area contributed by atoms with Crippen molar-refractivity contribution in [2.45, 2.75) is 0 Å². The highest BCUT2D eigenvalue weighted by atomic mass is 19.1. The maximum absolute atomic E-state index is 13.9. The molecule has 2 aromatic carbocycles. The number of halogens is 1. The SMILES string of the molecule is COC(=O)c1ccccc1-c1cnc(N(C)c2ccccc2F)o1. The van der Waals surface area contributed by atoms with Gasteiger partial charge in [0.1, 0.15) is 5.82 Å². The van der Waals surface area contributed by atoms with Crippen LogP contribution in [-0.4, -0.2) is 25.1 Å². The van der Waals surface area contributed by atoms with Gasteiger partial charge >= 0.3 is 12.0 Å². The molecule has 0 atom stereocenters. The molecular formula is C18H15FN2O3. The first kappa shape index (κ1) is 15.7. The first-order chi connectivity index (χ1) is 11.6. The predicted molar refractivity (Wildman–Crippen MR) is 87.7 cm³/mol. The van der Waals surface area contributed by atoms with Crippen molar-refractivity contribution in [3.63, 3.8) is 0 Å². The Hall–Kier alpha value is -3.15. The van der Waals surface area contributed by atoms with Crippen molar-refractivity contribution in [1.29, 1.82) is 0 Å². The number of methoxy groups -OCH3 is 1. The molecule has 1 heterocycles. The molecule has 6 heteroatoms. The van der Waals surface area contributed by atoms with Gasteiger partial charge in [0.2, 0.25) is 0 Å². The maximum atomic E-state index is 13.9. The zero-order chi connectivity index (χ0) is 17.1. The Bertz CT molecular complexity index is 876. The standard InChI is InChI=1S/C18H15FN2O3/c1-21(15-10-6-5-9-14(15)19)18-20-11-16(24-18)12-7-3-4-8-13(12)17(22)23-2/h3-11H,1-2H3. The summed E-state index contributed by atoms with van der Waals surface area (Å²) in [6, 6.07) is 13.4. The molecule has 24 heavy (non-hydrogen) atoms. The van der Waals surface area contributed by atoms with E-state index in [1.54, 1.807) is 49.5 Å². The fourth-order valence-electron chi connectivity index (χ4n) is 2.36. The quantitative estimate of drug-likeness (QED) is 0.677. The minimum Gasteiger partial charge on any atom is -0.465 e. The minimum absolute atomic E-state index is 0.217. The molecule has 0 radical (unpaired) electrons. The van der Waals surface area contributed by atoms with Gasteiger partial charge in [-0.15, -0.1) is 0 Å². The summed E-state index contributed by atoms with van der Waals surface area (Å²) in [5.74, 6) is -0.449. The summed E-state index contributed by atoms with van der Waals surface area (Å²) >= 11 is 0. The van der Waals surface area contributed by atoms with Crippen molar-refractivity contribution in [1.82, 2.24) is 4.98 Å². The van der Waals surface area contributed by atoms with Gasteiger partial charge in [0.05, 0.1) is 24.6 Å². The molecule has 0 aliphatic carbocycles. The Morgan fingerprint density at radius 3 is 2.62 bits per heavy atom. The molecule has 3 aromatic rings. The number of nitrogens with zero attached hydrogens (tertiary/aromatic N) is 2. The van der Waals surface area contributed by atoms with Crippen molar-refractivity contribution >= 4 is 17.7 Å². The Balaban J connectivity index is 1.98. The summed E-state index contributed by atoms with van der Waals surface area (Å²) in [5, 5.41) is 0. The van der Waals surface area contributed by atoms with Gasteiger partial charge < -0.3 is 9.15 Å². The number of anilines is 2. The number of hydrogen-bond acceptors (Lipinski definition) is 5. The molecule has 0 amide bonds. The van der Waals surface area contributed by atoms with E-state index in [1.807, 2.05) is 0 Å². The second-order valence-electron chi connectivity index (χ2n) is 5.05. The highest BCUT2D eigenvalue weighted by molar-refractivity contribution is 5.96. The number of benzene rings is 2. The van der Waals surface area contributed by atoms with Gasteiger partial charge in [-0.3, -0.25) is 4.90 Å². The van der Waals surface area contributed by atoms with E-state index in [0.29, 0.717) is 22.6 Å². The smallest absolute Gasteiger partial charge is 0.338 e. The zero-order valence-corrected chi connectivity index (χ0v) is 13.2. The number of esters is 1. The van der Waals surface area contributed by atoms with Gasteiger partial charge in [0, 0.05) is 12.6 Å². The summed E-state index contributed by atoms with van der Waals surface area (Å²) in [5.41, 5.74) is 1.27. The molecule has 0 aliphatic heterocycles. The lowest BCUT2D eigenvalue weighted by Gasteiger charge is -2.15. The van der Waals surface area contributed by atoms with Crippen molar-refractivity contribution < 1.29 is 18.3 Å². The summed E-state index contributed by atoms with van der Waals surface area (Å²) < 4.78 is 24.4. The largest absolute Gasteiger partial charge is 0.465 e. The summed E-state index contributed by atoms with van der Waals surface area (Å²) in [4.78, 5) is 17.5. The zero-order valence-electron chi connectivity index (χ0n) is 13.2. The Kier molecular flexibility index (Phi) is 4.29. The minimum atomic E-state index is -0.467. The van der Waals surface area contributed by atoms with Gasteiger partial charge in [-0.1, -0.05) is 30.3 Å². The van der Waals surface area contributed by atoms with Crippen LogP contribution in [0.5, 0.6) is 0 Å². The third kappa shape index (κ3) is 2.86. The molecule has 1 aromatic heterocycles. The van der Waals surface area contributed by atoms with Gasteiger partial charge in [-0.2, -0.15) is 0 Å². The van der Waals surface area contributed by atoms with Crippen LogP contribution in [0.3, 0.4) is 0 Å². The Morgan fingerprint density at radius 1 is 1.17 bits per heavy atom. The third-order valence-electron chi connectivity index (χ3n) is 3.59. The van der Waals surface area contributed by atoms with Crippen molar-refractivity contribution in [2.75, 3.05) is 19.1 Å². The Labute approximate surface area is 138 Å². The van der Waals surface area contributed by atoms with Crippen LogP contribution in [0.15, 0.2) is 59.1 Å². The molecule has 3 rings (SSSR count). The fourth-order valence-corrected chi connectivity index (χ4v) is 2.36. The van der Waals surface area contributed by atoms with Crippen LogP contribution in [0.4, 0.5) is 16.1 Å². The molecule has 0 aliphatic rings. The average molecular weight is 326 g/mol. The molecule has 0 spiro atoms. The van der Waals surface area contributed by atoms with E-state index in [0.717, 1.165) is 0 Å². The number of ether oxygens (including phenoxy) is 1. The van der Waals surface area contributed by atoms with E-state index in [2.05, 4.69) is 4.98 Å². The monoisotopic (exact) mass is 326 g/mol. The fraction of sp³-hybridized carbons (Fsp3) is 0.111.